The van der Waals surface area contributed by atoms with E-state index in [1.807, 2.05) is 12.1 Å². The Balaban J connectivity index is 2.84. The Kier molecular flexibility index (Phi) is 5.83. The minimum absolute atomic E-state index is 0.372. The summed E-state index contributed by atoms with van der Waals surface area (Å²) in [6.45, 7) is 4.49. The van der Waals surface area contributed by atoms with Crippen LogP contribution in [-0.4, -0.2) is 14.2 Å². The third kappa shape index (κ3) is 3.91. The molecular weight excluding hydrogens is 280 g/mol. The molecule has 1 aromatic rings. The van der Waals surface area contributed by atoms with Crippen molar-refractivity contribution in [2.24, 2.45) is 5.92 Å². The summed E-state index contributed by atoms with van der Waals surface area (Å²) in [6.07, 6.45) is 2.33. The predicted molar refractivity (Wildman–Crippen MR) is 75.3 cm³/mol. The van der Waals surface area contributed by atoms with Gasteiger partial charge < -0.3 is 9.47 Å². The normalized spacial score (nSPS) is 14.2. The second kappa shape index (κ2) is 6.90. The molecule has 1 aromatic carbocycles. The lowest BCUT2D eigenvalue weighted by molar-refractivity contribution is 0.354. The van der Waals surface area contributed by atoms with E-state index in [2.05, 4.69) is 35.8 Å². The summed E-state index contributed by atoms with van der Waals surface area (Å²) in [5.41, 5.74) is 1.24. The highest BCUT2D eigenvalue weighted by Crippen LogP contribution is 2.36. The number of hydrogen-bond donors (Lipinski definition) is 0. The smallest absolute Gasteiger partial charge is 0.161 e. The summed E-state index contributed by atoms with van der Waals surface area (Å²) in [6, 6.07) is 6.09. The summed E-state index contributed by atoms with van der Waals surface area (Å²) in [4.78, 5) is 0.372. The van der Waals surface area contributed by atoms with E-state index >= 15 is 0 Å². The van der Waals surface area contributed by atoms with Crippen molar-refractivity contribution in [3.8, 4) is 11.5 Å². The molecule has 0 N–H and O–H groups in total. The first-order valence-corrected chi connectivity index (χ1v) is 6.89. The summed E-state index contributed by atoms with van der Waals surface area (Å²) >= 11 is 3.74. The zero-order valence-electron chi connectivity index (χ0n) is 11.0. The first kappa shape index (κ1) is 14.4. The van der Waals surface area contributed by atoms with Gasteiger partial charge >= 0.3 is 0 Å². The fourth-order valence-electron chi connectivity index (χ4n) is 1.70. The largest absolute Gasteiger partial charge is 0.493 e. The lowest BCUT2D eigenvalue weighted by Crippen LogP contribution is -1.99. The van der Waals surface area contributed by atoms with E-state index in [-0.39, 0.29) is 0 Å². The lowest BCUT2D eigenvalue weighted by atomic mass is 9.99. The van der Waals surface area contributed by atoms with Gasteiger partial charge in [0.15, 0.2) is 11.5 Å². The van der Waals surface area contributed by atoms with Crippen molar-refractivity contribution in [3.05, 3.63) is 23.8 Å². The Morgan fingerprint density at radius 2 is 1.82 bits per heavy atom. The number of ether oxygens (including phenoxy) is 2. The Labute approximate surface area is 112 Å². The van der Waals surface area contributed by atoms with Crippen molar-refractivity contribution in [2.45, 2.75) is 31.5 Å². The molecule has 3 heteroatoms. The van der Waals surface area contributed by atoms with Gasteiger partial charge in [-0.2, -0.15) is 0 Å². The topological polar surface area (TPSA) is 18.5 Å². The molecule has 0 aromatic heterocycles. The average Bonchev–Trinajstić information content (AvgIpc) is 2.37. The average molecular weight is 301 g/mol. The highest BCUT2D eigenvalue weighted by atomic mass is 79.9. The Hall–Kier alpha value is -0.700. The van der Waals surface area contributed by atoms with Crippen LogP contribution in [0.4, 0.5) is 0 Å². The maximum atomic E-state index is 5.31. The molecule has 0 fully saturated rings. The van der Waals surface area contributed by atoms with Gasteiger partial charge in [-0.15, -0.1) is 0 Å². The molecule has 1 rings (SSSR count). The monoisotopic (exact) mass is 300 g/mol. The number of rotatable bonds is 6. The van der Waals surface area contributed by atoms with Crippen LogP contribution in [-0.2, 0) is 0 Å². The van der Waals surface area contributed by atoms with Gasteiger partial charge in [0.1, 0.15) is 0 Å². The zero-order chi connectivity index (χ0) is 12.8. The predicted octanol–water partition coefficient (Wildman–Crippen LogP) is 4.58. The van der Waals surface area contributed by atoms with Crippen molar-refractivity contribution in [2.75, 3.05) is 14.2 Å². The molecule has 0 aliphatic carbocycles. The number of benzene rings is 1. The molecule has 0 amide bonds. The van der Waals surface area contributed by atoms with E-state index in [0.29, 0.717) is 10.7 Å². The van der Waals surface area contributed by atoms with Crippen LogP contribution in [0, 0.1) is 5.92 Å². The van der Waals surface area contributed by atoms with Crippen LogP contribution in [0.15, 0.2) is 18.2 Å². The third-order valence-corrected chi connectivity index (χ3v) is 3.98. The summed E-state index contributed by atoms with van der Waals surface area (Å²) in [5, 5.41) is 0. The number of hydrogen-bond acceptors (Lipinski definition) is 2. The molecule has 2 unspecified atom stereocenters. The van der Waals surface area contributed by atoms with E-state index < -0.39 is 0 Å². The molecule has 0 saturated heterocycles. The lowest BCUT2D eigenvalue weighted by Gasteiger charge is -2.16. The van der Waals surface area contributed by atoms with Crippen LogP contribution in [0.3, 0.4) is 0 Å². The molecule has 0 radical (unpaired) electrons. The van der Waals surface area contributed by atoms with Crippen molar-refractivity contribution < 1.29 is 9.47 Å². The minimum Gasteiger partial charge on any atom is -0.493 e. The minimum atomic E-state index is 0.372. The molecule has 0 spiro atoms. The van der Waals surface area contributed by atoms with Crippen molar-refractivity contribution >= 4 is 15.9 Å². The fraction of sp³-hybridized carbons (Fsp3) is 0.571. The molecule has 0 bridgehead atoms. The van der Waals surface area contributed by atoms with Gasteiger partial charge in [0.25, 0.3) is 0 Å². The fourth-order valence-corrected chi connectivity index (χ4v) is 2.63. The van der Waals surface area contributed by atoms with Crippen LogP contribution >= 0.6 is 15.9 Å². The van der Waals surface area contributed by atoms with E-state index in [0.717, 1.165) is 17.9 Å². The van der Waals surface area contributed by atoms with Crippen LogP contribution in [0.25, 0.3) is 0 Å². The summed E-state index contributed by atoms with van der Waals surface area (Å²) in [5.74, 6) is 2.28. The second-order valence-corrected chi connectivity index (χ2v) is 5.44. The Bertz CT molecular complexity index is 352. The van der Waals surface area contributed by atoms with E-state index in [1.54, 1.807) is 14.2 Å². The van der Waals surface area contributed by atoms with Crippen LogP contribution in [0.5, 0.6) is 11.5 Å². The summed E-state index contributed by atoms with van der Waals surface area (Å²) < 4.78 is 10.5. The summed E-state index contributed by atoms with van der Waals surface area (Å²) in [7, 11) is 3.32. The van der Waals surface area contributed by atoms with Gasteiger partial charge in [-0.05, 0) is 30.0 Å². The van der Waals surface area contributed by atoms with Gasteiger partial charge in [-0.1, -0.05) is 42.3 Å². The van der Waals surface area contributed by atoms with Crippen LogP contribution in [0.2, 0.25) is 0 Å². The van der Waals surface area contributed by atoms with Crippen molar-refractivity contribution in [1.29, 1.82) is 0 Å². The Morgan fingerprint density at radius 3 is 2.35 bits per heavy atom. The number of alkyl halides is 1. The second-order valence-electron chi connectivity index (χ2n) is 4.33. The highest BCUT2D eigenvalue weighted by Gasteiger charge is 2.13. The first-order chi connectivity index (χ1) is 8.12. The van der Waals surface area contributed by atoms with E-state index in [1.165, 1.54) is 12.0 Å². The molecule has 0 saturated carbocycles. The van der Waals surface area contributed by atoms with Gasteiger partial charge in [0.05, 0.1) is 14.2 Å². The molecule has 17 heavy (non-hydrogen) atoms. The molecule has 0 aliphatic rings. The SMILES string of the molecule is CCC(C)CC(Br)c1ccc(OC)c(OC)c1. The van der Waals surface area contributed by atoms with Crippen LogP contribution < -0.4 is 9.47 Å². The number of methoxy groups -OCH3 is 2. The van der Waals surface area contributed by atoms with Crippen molar-refractivity contribution in [3.63, 3.8) is 0 Å². The zero-order valence-corrected chi connectivity index (χ0v) is 12.6. The van der Waals surface area contributed by atoms with Crippen molar-refractivity contribution in [1.82, 2.24) is 0 Å². The molecule has 96 valence electrons. The van der Waals surface area contributed by atoms with Gasteiger partial charge in [0.2, 0.25) is 0 Å². The van der Waals surface area contributed by atoms with Crippen LogP contribution in [0.1, 0.15) is 37.1 Å². The van der Waals surface area contributed by atoms with E-state index in [4.69, 9.17) is 9.47 Å². The maximum absolute atomic E-state index is 5.31. The quantitative estimate of drug-likeness (QED) is 0.716. The van der Waals surface area contributed by atoms with Gasteiger partial charge in [-0.3, -0.25) is 0 Å². The Morgan fingerprint density at radius 1 is 1.18 bits per heavy atom. The number of halogens is 1. The highest BCUT2D eigenvalue weighted by molar-refractivity contribution is 9.09. The molecule has 2 nitrogen and oxygen atoms in total. The van der Waals surface area contributed by atoms with Gasteiger partial charge in [0, 0.05) is 4.83 Å². The molecular formula is C14H21BrO2. The van der Waals surface area contributed by atoms with Gasteiger partial charge in [-0.25, -0.2) is 0 Å². The first-order valence-electron chi connectivity index (χ1n) is 5.98. The maximum Gasteiger partial charge on any atom is 0.161 e. The molecule has 2 atom stereocenters. The standard InChI is InChI=1S/C14H21BrO2/c1-5-10(2)8-12(15)11-6-7-13(16-3)14(9-11)17-4/h6-7,9-10,12H,5,8H2,1-4H3. The molecule has 0 aliphatic heterocycles. The molecule has 0 heterocycles. The third-order valence-electron chi connectivity index (χ3n) is 3.08. The van der Waals surface area contributed by atoms with E-state index in [9.17, 15) is 0 Å².